The molecule has 0 saturated carbocycles. The molecule has 1 aliphatic rings. The van der Waals surface area contributed by atoms with Crippen LogP contribution in [0.25, 0.3) is 0 Å². The average molecular weight is 263 g/mol. The Hall–Kier alpha value is -2.04. The smallest absolute Gasteiger partial charge is 0.307 e. The SMILES string of the molecule is O=C(O)Cc1cccc(OCC(=O)N2CCCC2)c1. The number of hydrogen-bond acceptors (Lipinski definition) is 3. The second kappa shape index (κ2) is 6.22. The first kappa shape index (κ1) is 13.4. The number of aliphatic carboxylic acids is 1. The lowest BCUT2D eigenvalue weighted by Crippen LogP contribution is -2.32. The zero-order chi connectivity index (χ0) is 13.7. The average Bonchev–Trinajstić information content (AvgIpc) is 2.89. The zero-order valence-corrected chi connectivity index (χ0v) is 10.7. The minimum absolute atomic E-state index is 0.0104. The molecular weight excluding hydrogens is 246 g/mol. The Morgan fingerprint density at radius 3 is 2.68 bits per heavy atom. The summed E-state index contributed by atoms with van der Waals surface area (Å²) in [6, 6.07) is 6.84. The Morgan fingerprint density at radius 2 is 2.00 bits per heavy atom. The number of carbonyl (C=O) groups excluding carboxylic acids is 1. The normalized spacial score (nSPS) is 14.4. The van der Waals surface area contributed by atoms with E-state index in [0.29, 0.717) is 11.3 Å². The van der Waals surface area contributed by atoms with E-state index in [-0.39, 0.29) is 18.9 Å². The highest BCUT2D eigenvalue weighted by Crippen LogP contribution is 2.14. The minimum atomic E-state index is -0.884. The van der Waals surface area contributed by atoms with Gasteiger partial charge < -0.3 is 14.7 Å². The fourth-order valence-corrected chi connectivity index (χ4v) is 2.12. The quantitative estimate of drug-likeness (QED) is 0.870. The molecule has 1 N–H and O–H groups in total. The molecule has 1 saturated heterocycles. The van der Waals surface area contributed by atoms with E-state index in [1.807, 2.05) is 0 Å². The summed E-state index contributed by atoms with van der Waals surface area (Å²) in [6.07, 6.45) is 2.07. The maximum atomic E-state index is 11.8. The zero-order valence-electron chi connectivity index (χ0n) is 10.7. The fraction of sp³-hybridized carbons (Fsp3) is 0.429. The van der Waals surface area contributed by atoms with Gasteiger partial charge >= 0.3 is 5.97 Å². The Kier molecular flexibility index (Phi) is 4.39. The number of benzene rings is 1. The number of carbonyl (C=O) groups is 2. The molecule has 1 aromatic rings. The Bertz CT molecular complexity index is 466. The summed E-state index contributed by atoms with van der Waals surface area (Å²) in [5.41, 5.74) is 0.665. The van der Waals surface area contributed by atoms with Crippen molar-refractivity contribution in [3.05, 3.63) is 29.8 Å². The predicted molar refractivity (Wildman–Crippen MR) is 69.1 cm³/mol. The summed E-state index contributed by atoms with van der Waals surface area (Å²) in [5, 5.41) is 8.72. The highest BCUT2D eigenvalue weighted by Gasteiger charge is 2.18. The van der Waals surface area contributed by atoms with Crippen molar-refractivity contribution in [3.8, 4) is 5.75 Å². The van der Waals surface area contributed by atoms with Crippen LogP contribution >= 0.6 is 0 Å². The van der Waals surface area contributed by atoms with E-state index in [0.717, 1.165) is 25.9 Å². The lowest BCUT2D eigenvalue weighted by atomic mass is 10.1. The molecule has 0 atom stereocenters. The van der Waals surface area contributed by atoms with E-state index in [1.165, 1.54) is 0 Å². The highest BCUT2D eigenvalue weighted by molar-refractivity contribution is 5.78. The van der Waals surface area contributed by atoms with E-state index in [1.54, 1.807) is 29.2 Å². The molecule has 0 bridgehead atoms. The van der Waals surface area contributed by atoms with Gasteiger partial charge in [0, 0.05) is 13.1 Å². The maximum absolute atomic E-state index is 11.8. The number of hydrogen-bond donors (Lipinski definition) is 1. The molecule has 1 amide bonds. The summed E-state index contributed by atoms with van der Waals surface area (Å²) in [6.45, 7) is 1.62. The number of nitrogens with zero attached hydrogens (tertiary/aromatic N) is 1. The molecule has 0 aromatic heterocycles. The van der Waals surface area contributed by atoms with Crippen LogP contribution in [0.1, 0.15) is 18.4 Å². The standard InChI is InChI=1S/C14H17NO4/c16-13(15-6-1-2-7-15)10-19-12-5-3-4-11(8-12)9-14(17)18/h3-5,8H,1-2,6-7,9-10H2,(H,17,18). The molecule has 5 heteroatoms. The number of carboxylic acids is 1. The Balaban J connectivity index is 1.88. The lowest BCUT2D eigenvalue weighted by Gasteiger charge is -2.15. The van der Waals surface area contributed by atoms with E-state index in [4.69, 9.17) is 9.84 Å². The third kappa shape index (κ3) is 3.98. The van der Waals surface area contributed by atoms with Gasteiger partial charge in [0.05, 0.1) is 6.42 Å². The molecule has 0 unspecified atom stereocenters. The van der Waals surface area contributed by atoms with Crippen LogP contribution in [0, 0.1) is 0 Å². The summed E-state index contributed by atoms with van der Waals surface area (Å²) >= 11 is 0. The second-order valence-corrected chi connectivity index (χ2v) is 4.59. The predicted octanol–water partition coefficient (Wildman–Crippen LogP) is 1.31. The van der Waals surface area contributed by atoms with Crippen molar-refractivity contribution in [3.63, 3.8) is 0 Å². The van der Waals surface area contributed by atoms with Crippen LogP contribution in [0.2, 0.25) is 0 Å². The van der Waals surface area contributed by atoms with Crippen LogP contribution in [0.5, 0.6) is 5.75 Å². The molecule has 1 fully saturated rings. The Labute approximate surface area is 111 Å². The summed E-state index contributed by atoms with van der Waals surface area (Å²) < 4.78 is 5.42. The monoisotopic (exact) mass is 263 g/mol. The molecular formula is C14H17NO4. The number of ether oxygens (including phenoxy) is 1. The topological polar surface area (TPSA) is 66.8 Å². The second-order valence-electron chi connectivity index (χ2n) is 4.59. The van der Waals surface area contributed by atoms with Crippen LogP contribution in [0.3, 0.4) is 0 Å². The molecule has 0 radical (unpaired) electrons. The number of rotatable bonds is 5. The van der Waals surface area contributed by atoms with E-state index in [2.05, 4.69) is 0 Å². The maximum Gasteiger partial charge on any atom is 0.307 e. The van der Waals surface area contributed by atoms with Crippen molar-refractivity contribution in [2.24, 2.45) is 0 Å². The summed E-state index contributed by atoms with van der Waals surface area (Å²) in [4.78, 5) is 24.2. The summed E-state index contributed by atoms with van der Waals surface area (Å²) in [7, 11) is 0. The van der Waals surface area contributed by atoms with Crippen molar-refractivity contribution in [2.45, 2.75) is 19.3 Å². The lowest BCUT2D eigenvalue weighted by molar-refractivity contribution is -0.136. The van der Waals surface area contributed by atoms with Crippen LogP contribution in [0.4, 0.5) is 0 Å². The van der Waals surface area contributed by atoms with Gasteiger partial charge in [0.15, 0.2) is 6.61 Å². The van der Waals surface area contributed by atoms with Gasteiger partial charge in [-0.05, 0) is 30.5 Å². The Morgan fingerprint density at radius 1 is 1.26 bits per heavy atom. The van der Waals surface area contributed by atoms with Crippen molar-refractivity contribution in [1.82, 2.24) is 4.90 Å². The molecule has 19 heavy (non-hydrogen) atoms. The van der Waals surface area contributed by atoms with Crippen molar-refractivity contribution >= 4 is 11.9 Å². The van der Waals surface area contributed by atoms with Crippen molar-refractivity contribution in [2.75, 3.05) is 19.7 Å². The van der Waals surface area contributed by atoms with Gasteiger partial charge in [-0.15, -0.1) is 0 Å². The third-order valence-corrected chi connectivity index (χ3v) is 3.07. The van der Waals surface area contributed by atoms with E-state index in [9.17, 15) is 9.59 Å². The van der Waals surface area contributed by atoms with E-state index >= 15 is 0 Å². The minimum Gasteiger partial charge on any atom is -0.484 e. The molecule has 102 valence electrons. The summed E-state index contributed by atoms with van der Waals surface area (Å²) in [5.74, 6) is -0.363. The highest BCUT2D eigenvalue weighted by atomic mass is 16.5. The first-order valence-corrected chi connectivity index (χ1v) is 6.36. The van der Waals surface area contributed by atoms with Gasteiger partial charge in [0.1, 0.15) is 5.75 Å². The van der Waals surface area contributed by atoms with Crippen LogP contribution in [-0.2, 0) is 16.0 Å². The molecule has 1 aliphatic heterocycles. The third-order valence-electron chi connectivity index (χ3n) is 3.07. The first-order chi connectivity index (χ1) is 9.15. The van der Waals surface area contributed by atoms with Crippen LogP contribution in [0.15, 0.2) is 24.3 Å². The number of amides is 1. The van der Waals surface area contributed by atoms with Crippen LogP contribution in [-0.4, -0.2) is 41.6 Å². The molecule has 5 nitrogen and oxygen atoms in total. The van der Waals surface area contributed by atoms with Gasteiger partial charge in [-0.1, -0.05) is 12.1 Å². The molecule has 2 rings (SSSR count). The first-order valence-electron chi connectivity index (χ1n) is 6.36. The molecule has 1 aromatic carbocycles. The van der Waals surface area contributed by atoms with Gasteiger partial charge in [0.25, 0.3) is 5.91 Å². The number of carboxylic acid groups (broad SMARTS) is 1. The molecule has 0 aliphatic carbocycles. The fourth-order valence-electron chi connectivity index (χ4n) is 2.12. The van der Waals surface area contributed by atoms with Crippen molar-refractivity contribution < 1.29 is 19.4 Å². The van der Waals surface area contributed by atoms with Gasteiger partial charge in [-0.25, -0.2) is 0 Å². The van der Waals surface area contributed by atoms with E-state index < -0.39 is 5.97 Å². The van der Waals surface area contributed by atoms with Gasteiger partial charge in [-0.3, -0.25) is 9.59 Å². The largest absolute Gasteiger partial charge is 0.484 e. The van der Waals surface area contributed by atoms with Gasteiger partial charge in [0.2, 0.25) is 0 Å². The van der Waals surface area contributed by atoms with Crippen LogP contribution < -0.4 is 4.74 Å². The molecule has 0 spiro atoms. The molecule has 1 heterocycles. The number of likely N-dealkylation sites (tertiary alicyclic amines) is 1. The van der Waals surface area contributed by atoms with Gasteiger partial charge in [-0.2, -0.15) is 0 Å². The van der Waals surface area contributed by atoms with Crippen molar-refractivity contribution in [1.29, 1.82) is 0 Å².